The molecule has 126 valence electrons. The van der Waals surface area contributed by atoms with Gasteiger partial charge in [0, 0.05) is 0 Å². The van der Waals surface area contributed by atoms with Crippen LogP contribution < -0.4 is 14.9 Å². The third-order valence-corrected chi connectivity index (χ3v) is 3.83. The number of methoxy groups -OCH3 is 2. The van der Waals surface area contributed by atoms with E-state index in [9.17, 15) is 4.79 Å². The van der Waals surface area contributed by atoms with Gasteiger partial charge in [-0.3, -0.25) is 4.79 Å². The molecule has 0 bridgehead atoms. The van der Waals surface area contributed by atoms with Gasteiger partial charge in [-0.25, -0.2) is 5.43 Å². The lowest BCUT2D eigenvalue weighted by Gasteiger charge is -2.20. The Morgan fingerprint density at radius 3 is 2.70 bits per heavy atom. The normalized spacial score (nSPS) is 16.5. The van der Waals surface area contributed by atoms with Crippen LogP contribution in [0.2, 0.25) is 0 Å². The molecule has 1 amide bonds. The zero-order valence-electron chi connectivity index (χ0n) is 13.2. The van der Waals surface area contributed by atoms with E-state index in [4.69, 9.17) is 18.9 Å². The summed E-state index contributed by atoms with van der Waals surface area (Å²) < 4.78 is 22.0. The monoisotopic (exact) mass is 386 g/mol. The van der Waals surface area contributed by atoms with Crippen LogP contribution in [-0.2, 0) is 14.3 Å². The van der Waals surface area contributed by atoms with Gasteiger partial charge in [0.15, 0.2) is 17.3 Å². The molecule has 0 spiro atoms. The predicted molar refractivity (Wildman–Crippen MR) is 87.9 cm³/mol. The van der Waals surface area contributed by atoms with Crippen molar-refractivity contribution < 1.29 is 23.7 Å². The van der Waals surface area contributed by atoms with Crippen LogP contribution in [0.5, 0.6) is 11.5 Å². The van der Waals surface area contributed by atoms with E-state index in [1.54, 1.807) is 27.2 Å². The molecule has 1 heterocycles. The molecule has 0 aliphatic carbocycles. The molecule has 7 nitrogen and oxygen atoms in total. The maximum absolute atomic E-state index is 11.8. The minimum Gasteiger partial charge on any atom is -0.493 e. The fraction of sp³-hybridized carbons (Fsp3) is 0.467. The molecule has 0 saturated carbocycles. The molecule has 0 aromatic heterocycles. The highest BCUT2D eigenvalue weighted by atomic mass is 79.9. The van der Waals surface area contributed by atoms with E-state index in [-0.39, 0.29) is 12.3 Å². The van der Waals surface area contributed by atoms with E-state index in [0.717, 1.165) is 10.0 Å². The number of amides is 1. The van der Waals surface area contributed by atoms with Crippen molar-refractivity contribution in [2.24, 2.45) is 5.10 Å². The van der Waals surface area contributed by atoms with Crippen LogP contribution in [0.15, 0.2) is 21.7 Å². The van der Waals surface area contributed by atoms with Gasteiger partial charge in [0.25, 0.3) is 0 Å². The molecule has 1 N–H and O–H groups in total. The van der Waals surface area contributed by atoms with Gasteiger partial charge in [-0.2, -0.15) is 5.10 Å². The van der Waals surface area contributed by atoms with Crippen molar-refractivity contribution in [1.82, 2.24) is 5.43 Å². The fourth-order valence-corrected chi connectivity index (χ4v) is 2.80. The van der Waals surface area contributed by atoms with Gasteiger partial charge >= 0.3 is 0 Å². The van der Waals surface area contributed by atoms with Gasteiger partial charge in [-0.1, -0.05) is 0 Å². The minimum atomic E-state index is -0.869. The fourth-order valence-electron chi connectivity index (χ4n) is 2.18. The molecule has 0 unspecified atom stereocenters. The van der Waals surface area contributed by atoms with Gasteiger partial charge in [0.1, 0.15) is 0 Å². The van der Waals surface area contributed by atoms with Crippen LogP contribution >= 0.6 is 15.9 Å². The van der Waals surface area contributed by atoms with E-state index in [0.29, 0.717) is 24.7 Å². The molecule has 8 heteroatoms. The van der Waals surface area contributed by atoms with Crippen molar-refractivity contribution >= 4 is 28.1 Å². The van der Waals surface area contributed by atoms with Crippen LogP contribution in [0, 0.1) is 0 Å². The van der Waals surface area contributed by atoms with Crippen molar-refractivity contribution in [2.45, 2.75) is 19.1 Å². The molecule has 2 rings (SSSR count). The minimum absolute atomic E-state index is 0.0833. The smallest absolute Gasteiger partial charge is 0.245 e. The van der Waals surface area contributed by atoms with Crippen LogP contribution in [0.3, 0.4) is 0 Å². The van der Waals surface area contributed by atoms with E-state index in [1.807, 2.05) is 6.07 Å². The summed E-state index contributed by atoms with van der Waals surface area (Å²) in [4.78, 5) is 11.8. The van der Waals surface area contributed by atoms with Crippen molar-refractivity contribution in [2.75, 3.05) is 27.4 Å². The second kappa shape index (κ2) is 7.76. The standard InChI is InChI=1S/C15H19BrN2O5/c1-15(22-4-5-23-15)8-13(19)18-17-9-10-6-11(16)14(21-3)12(7-10)20-2/h6-7,9H,4-5,8H2,1-3H3,(H,18,19). The molecule has 1 aliphatic rings. The summed E-state index contributed by atoms with van der Waals surface area (Å²) in [7, 11) is 3.11. The Morgan fingerprint density at radius 2 is 2.09 bits per heavy atom. The maximum Gasteiger partial charge on any atom is 0.245 e. The summed E-state index contributed by atoms with van der Waals surface area (Å²) in [6.07, 6.45) is 1.60. The number of ether oxygens (including phenoxy) is 4. The molecule has 1 aromatic carbocycles. The number of nitrogens with one attached hydrogen (secondary N) is 1. The topological polar surface area (TPSA) is 78.4 Å². The Bertz CT molecular complexity index is 600. The molecule has 1 fully saturated rings. The third-order valence-electron chi connectivity index (χ3n) is 3.24. The number of nitrogens with zero attached hydrogens (tertiary/aromatic N) is 1. The first kappa shape index (κ1) is 17.7. The van der Waals surface area contributed by atoms with Crippen LogP contribution in [-0.4, -0.2) is 45.3 Å². The van der Waals surface area contributed by atoms with E-state index in [1.165, 1.54) is 6.21 Å². The summed E-state index contributed by atoms with van der Waals surface area (Å²) in [5.41, 5.74) is 3.20. The predicted octanol–water partition coefficient (Wildman–Crippen LogP) is 2.07. The molecular weight excluding hydrogens is 368 g/mol. The summed E-state index contributed by atoms with van der Waals surface area (Å²) >= 11 is 3.40. The van der Waals surface area contributed by atoms with Crippen molar-refractivity contribution in [3.8, 4) is 11.5 Å². The second-order valence-corrected chi connectivity index (χ2v) is 5.89. The van der Waals surface area contributed by atoms with Gasteiger partial charge in [-0.05, 0) is 40.5 Å². The zero-order valence-corrected chi connectivity index (χ0v) is 14.8. The summed E-state index contributed by atoms with van der Waals surface area (Å²) in [5, 5.41) is 3.93. The average molecular weight is 387 g/mol. The number of hydrogen-bond donors (Lipinski definition) is 1. The molecule has 1 saturated heterocycles. The Hall–Kier alpha value is -1.64. The highest BCUT2D eigenvalue weighted by Gasteiger charge is 2.33. The van der Waals surface area contributed by atoms with Gasteiger partial charge in [0.05, 0.1) is 44.5 Å². The maximum atomic E-state index is 11.8. The zero-order chi connectivity index (χ0) is 16.9. The first-order chi connectivity index (χ1) is 11.0. The number of hydrogen-bond acceptors (Lipinski definition) is 6. The molecule has 0 radical (unpaired) electrons. The lowest BCUT2D eigenvalue weighted by Crippen LogP contribution is -2.33. The van der Waals surface area contributed by atoms with Gasteiger partial charge in [0.2, 0.25) is 5.91 Å². The Kier molecular flexibility index (Phi) is 5.97. The summed E-state index contributed by atoms with van der Waals surface area (Å²) in [5.74, 6) is 0.00337. The largest absolute Gasteiger partial charge is 0.493 e. The first-order valence-electron chi connectivity index (χ1n) is 6.99. The van der Waals surface area contributed by atoms with Gasteiger partial charge < -0.3 is 18.9 Å². The molecule has 1 aliphatic heterocycles. The second-order valence-electron chi connectivity index (χ2n) is 5.04. The van der Waals surface area contributed by atoms with E-state index < -0.39 is 5.79 Å². The highest BCUT2D eigenvalue weighted by molar-refractivity contribution is 9.10. The molecule has 23 heavy (non-hydrogen) atoms. The lowest BCUT2D eigenvalue weighted by atomic mass is 10.2. The van der Waals surface area contributed by atoms with Gasteiger partial charge in [-0.15, -0.1) is 0 Å². The number of benzene rings is 1. The molecular formula is C15H19BrN2O5. The molecule has 0 atom stereocenters. The number of halogens is 1. The lowest BCUT2D eigenvalue weighted by molar-refractivity contribution is -0.159. The first-order valence-corrected chi connectivity index (χ1v) is 7.78. The number of carbonyl (C=O) groups excluding carboxylic acids is 1. The van der Waals surface area contributed by atoms with E-state index >= 15 is 0 Å². The van der Waals surface area contributed by atoms with Crippen molar-refractivity contribution in [1.29, 1.82) is 0 Å². The van der Waals surface area contributed by atoms with Crippen LogP contribution in [0.4, 0.5) is 0 Å². The Labute approximate surface area is 143 Å². The SMILES string of the molecule is COc1cc(C=NNC(=O)CC2(C)OCCO2)cc(Br)c1OC. The summed E-state index contributed by atoms with van der Waals surface area (Å²) in [6.45, 7) is 2.72. The Morgan fingerprint density at radius 1 is 1.39 bits per heavy atom. The summed E-state index contributed by atoms with van der Waals surface area (Å²) in [6, 6.07) is 3.56. The molecule has 1 aromatic rings. The average Bonchev–Trinajstić information content (AvgIpc) is 2.92. The van der Waals surface area contributed by atoms with E-state index in [2.05, 4.69) is 26.5 Å². The Balaban J connectivity index is 1.97. The third kappa shape index (κ3) is 4.66. The number of hydrazone groups is 1. The highest BCUT2D eigenvalue weighted by Crippen LogP contribution is 2.35. The number of rotatable bonds is 6. The quantitative estimate of drug-likeness (QED) is 0.597. The van der Waals surface area contributed by atoms with Crippen molar-refractivity contribution in [3.05, 3.63) is 22.2 Å². The van der Waals surface area contributed by atoms with Crippen LogP contribution in [0.25, 0.3) is 0 Å². The van der Waals surface area contributed by atoms with Crippen LogP contribution in [0.1, 0.15) is 18.9 Å². The van der Waals surface area contributed by atoms with Crippen molar-refractivity contribution in [3.63, 3.8) is 0 Å². The number of carbonyl (C=O) groups is 1.